The highest BCUT2D eigenvalue weighted by molar-refractivity contribution is 5.79. The van der Waals surface area contributed by atoms with E-state index in [0.717, 1.165) is 18.6 Å². The number of aliphatic hydroxyl groups excluding tert-OH is 1. The van der Waals surface area contributed by atoms with Gasteiger partial charge < -0.3 is 14.7 Å². The molecule has 1 aliphatic heterocycles. The number of hydrogen-bond donors (Lipinski definition) is 1. The first-order chi connectivity index (χ1) is 10.9. The molecule has 1 heterocycles. The van der Waals surface area contributed by atoms with E-state index in [1.165, 1.54) is 6.07 Å². The van der Waals surface area contributed by atoms with Gasteiger partial charge in [0.1, 0.15) is 11.6 Å². The highest BCUT2D eigenvalue weighted by Crippen LogP contribution is 2.42. The molecule has 1 aromatic carbocycles. The van der Waals surface area contributed by atoms with E-state index in [2.05, 4.69) is 0 Å². The van der Waals surface area contributed by atoms with Crippen LogP contribution in [0.2, 0.25) is 0 Å². The van der Waals surface area contributed by atoms with E-state index < -0.39 is 23.3 Å². The maximum absolute atomic E-state index is 13.8. The van der Waals surface area contributed by atoms with Crippen molar-refractivity contribution >= 4 is 5.91 Å². The van der Waals surface area contributed by atoms with Crippen LogP contribution in [0.3, 0.4) is 0 Å². The fourth-order valence-electron chi connectivity index (χ4n) is 3.90. The molecule has 0 bridgehead atoms. The first-order valence-electron chi connectivity index (χ1n) is 7.92. The quantitative estimate of drug-likeness (QED) is 0.925. The number of carbonyl (C=O) groups is 1. The number of benzene rings is 1. The van der Waals surface area contributed by atoms with Gasteiger partial charge in [0.2, 0.25) is 5.91 Å². The standard InChI is InChI=1S/C17H21F2NO3/c1-23-17-5-4-13(21)10-15(17)20(7-6-17)16(22)8-11-2-3-12(18)9-14(11)19/h2-3,9,13,15,21H,4-8,10H2,1H3/t13-,15+,17-/m1/s1. The molecule has 0 aromatic heterocycles. The SMILES string of the molecule is CO[C@@]12CC[C@@H](O)C[C@@H]1N(C(=O)Cc1ccc(F)cc1F)CC2. The van der Waals surface area contributed by atoms with Gasteiger partial charge in [-0.15, -0.1) is 0 Å². The Morgan fingerprint density at radius 2 is 2.22 bits per heavy atom. The average Bonchev–Trinajstić information content (AvgIpc) is 2.89. The molecule has 3 rings (SSSR count). The molecule has 6 heteroatoms. The van der Waals surface area contributed by atoms with E-state index in [-0.39, 0.29) is 23.9 Å². The lowest BCUT2D eigenvalue weighted by Gasteiger charge is -2.42. The molecule has 4 nitrogen and oxygen atoms in total. The molecular weight excluding hydrogens is 304 g/mol. The van der Waals surface area contributed by atoms with E-state index in [1.807, 2.05) is 0 Å². The van der Waals surface area contributed by atoms with Crippen LogP contribution >= 0.6 is 0 Å². The zero-order valence-electron chi connectivity index (χ0n) is 13.1. The Morgan fingerprint density at radius 3 is 2.91 bits per heavy atom. The second-order valence-electron chi connectivity index (χ2n) is 6.46. The van der Waals surface area contributed by atoms with Gasteiger partial charge in [0.15, 0.2) is 0 Å². The Kier molecular flexibility index (Phi) is 4.38. The summed E-state index contributed by atoms with van der Waals surface area (Å²) in [6, 6.07) is 3.06. The molecule has 0 unspecified atom stereocenters. The minimum Gasteiger partial charge on any atom is -0.393 e. The Hall–Kier alpha value is -1.53. The average molecular weight is 325 g/mol. The summed E-state index contributed by atoms with van der Waals surface area (Å²) in [5.74, 6) is -1.58. The molecule has 23 heavy (non-hydrogen) atoms. The number of hydrogen-bond acceptors (Lipinski definition) is 3. The summed E-state index contributed by atoms with van der Waals surface area (Å²) < 4.78 is 32.4. The summed E-state index contributed by atoms with van der Waals surface area (Å²) >= 11 is 0. The van der Waals surface area contributed by atoms with E-state index in [1.54, 1.807) is 12.0 Å². The van der Waals surface area contributed by atoms with Crippen LogP contribution in [0, 0.1) is 11.6 Å². The monoisotopic (exact) mass is 325 g/mol. The zero-order valence-corrected chi connectivity index (χ0v) is 13.1. The van der Waals surface area contributed by atoms with Crippen LogP contribution in [0.1, 0.15) is 31.2 Å². The fraction of sp³-hybridized carbons (Fsp3) is 0.588. The molecular formula is C17H21F2NO3. The Morgan fingerprint density at radius 1 is 1.43 bits per heavy atom. The number of carbonyl (C=O) groups excluding carboxylic acids is 1. The summed E-state index contributed by atoms with van der Waals surface area (Å²) in [6.45, 7) is 0.535. The van der Waals surface area contributed by atoms with Crippen molar-refractivity contribution in [1.82, 2.24) is 4.90 Å². The Balaban J connectivity index is 1.77. The lowest BCUT2D eigenvalue weighted by molar-refractivity contribution is -0.139. The molecule has 1 aromatic rings. The predicted octanol–water partition coefficient (Wildman–Crippen LogP) is 2.04. The van der Waals surface area contributed by atoms with Gasteiger partial charge in [0.05, 0.1) is 24.2 Å². The van der Waals surface area contributed by atoms with E-state index in [9.17, 15) is 18.7 Å². The van der Waals surface area contributed by atoms with E-state index in [4.69, 9.17) is 4.74 Å². The van der Waals surface area contributed by atoms with Gasteiger partial charge in [0.25, 0.3) is 0 Å². The molecule has 1 aliphatic carbocycles. The number of likely N-dealkylation sites (tertiary alicyclic amines) is 1. The van der Waals surface area contributed by atoms with Crippen LogP contribution in [0.25, 0.3) is 0 Å². The smallest absolute Gasteiger partial charge is 0.227 e. The fourth-order valence-corrected chi connectivity index (χ4v) is 3.90. The zero-order chi connectivity index (χ0) is 16.6. The molecule has 0 spiro atoms. The minimum absolute atomic E-state index is 0.113. The summed E-state index contributed by atoms with van der Waals surface area (Å²) in [5, 5.41) is 9.93. The first-order valence-corrected chi connectivity index (χ1v) is 7.92. The van der Waals surface area contributed by atoms with Crippen molar-refractivity contribution in [2.45, 2.75) is 49.9 Å². The lowest BCUT2D eigenvalue weighted by atomic mass is 9.79. The number of methoxy groups -OCH3 is 1. The molecule has 1 saturated heterocycles. The number of ether oxygens (including phenoxy) is 1. The number of halogens is 2. The molecule has 1 N–H and O–H groups in total. The molecule has 1 saturated carbocycles. The maximum Gasteiger partial charge on any atom is 0.227 e. The molecule has 3 atom stereocenters. The van der Waals surface area contributed by atoms with Crippen LogP contribution in [0.4, 0.5) is 8.78 Å². The van der Waals surface area contributed by atoms with Crippen molar-refractivity contribution in [3.05, 3.63) is 35.4 Å². The minimum atomic E-state index is -0.709. The summed E-state index contributed by atoms with van der Waals surface area (Å²) in [6.07, 6.45) is 2.02. The van der Waals surface area contributed by atoms with Gasteiger partial charge in [-0.2, -0.15) is 0 Å². The highest BCUT2D eigenvalue weighted by Gasteiger charge is 2.52. The number of rotatable bonds is 3. The van der Waals surface area contributed by atoms with E-state index >= 15 is 0 Å². The van der Waals surface area contributed by atoms with Gasteiger partial charge in [0, 0.05) is 19.7 Å². The lowest BCUT2D eigenvalue weighted by Crippen LogP contribution is -2.53. The summed E-state index contributed by atoms with van der Waals surface area (Å²) in [5.41, 5.74) is -0.223. The summed E-state index contributed by atoms with van der Waals surface area (Å²) in [7, 11) is 1.64. The normalized spacial score (nSPS) is 30.3. The molecule has 0 radical (unpaired) electrons. The van der Waals surface area contributed by atoms with Crippen LogP contribution in [-0.4, -0.2) is 47.3 Å². The van der Waals surface area contributed by atoms with Crippen LogP contribution in [0.15, 0.2) is 18.2 Å². The number of aliphatic hydroxyl groups is 1. The second kappa shape index (κ2) is 6.17. The Bertz CT molecular complexity index is 610. The van der Waals surface area contributed by atoms with Crippen molar-refractivity contribution in [2.75, 3.05) is 13.7 Å². The van der Waals surface area contributed by atoms with Crippen LogP contribution < -0.4 is 0 Å². The first kappa shape index (κ1) is 16.3. The maximum atomic E-state index is 13.8. The molecule has 126 valence electrons. The van der Waals surface area contributed by atoms with Crippen molar-refractivity contribution in [3.8, 4) is 0 Å². The predicted molar refractivity (Wildman–Crippen MR) is 79.8 cm³/mol. The van der Waals surface area contributed by atoms with Gasteiger partial charge in [-0.1, -0.05) is 6.07 Å². The topological polar surface area (TPSA) is 49.8 Å². The van der Waals surface area contributed by atoms with Crippen molar-refractivity contribution in [1.29, 1.82) is 0 Å². The third-order valence-electron chi connectivity index (χ3n) is 5.24. The molecule has 2 aliphatic rings. The van der Waals surface area contributed by atoms with Gasteiger partial charge in [-0.3, -0.25) is 4.79 Å². The highest BCUT2D eigenvalue weighted by atomic mass is 19.1. The third kappa shape index (κ3) is 2.97. The second-order valence-corrected chi connectivity index (χ2v) is 6.46. The van der Waals surface area contributed by atoms with Gasteiger partial charge >= 0.3 is 0 Å². The Labute approximate surface area is 134 Å². The molecule has 2 fully saturated rings. The number of nitrogens with zero attached hydrogens (tertiary/aromatic N) is 1. The number of amides is 1. The van der Waals surface area contributed by atoms with Gasteiger partial charge in [-0.05, 0) is 37.3 Å². The van der Waals surface area contributed by atoms with Crippen LogP contribution in [-0.2, 0) is 16.0 Å². The van der Waals surface area contributed by atoms with E-state index in [0.29, 0.717) is 25.8 Å². The number of fused-ring (bicyclic) bond motifs is 1. The molecule has 1 amide bonds. The van der Waals surface area contributed by atoms with Crippen molar-refractivity contribution < 1.29 is 23.4 Å². The van der Waals surface area contributed by atoms with Crippen molar-refractivity contribution in [2.24, 2.45) is 0 Å². The van der Waals surface area contributed by atoms with Gasteiger partial charge in [-0.25, -0.2) is 8.78 Å². The van der Waals surface area contributed by atoms with Crippen LogP contribution in [0.5, 0.6) is 0 Å². The largest absolute Gasteiger partial charge is 0.393 e. The third-order valence-corrected chi connectivity index (χ3v) is 5.24. The summed E-state index contributed by atoms with van der Waals surface area (Å²) in [4.78, 5) is 14.3. The van der Waals surface area contributed by atoms with Crippen molar-refractivity contribution in [3.63, 3.8) is 0 Å².